The summed E-state index contributed by atoms with van der Waals surface area (Å²) in [5, 5.41) is 86.0. The average Bonchev–Trinajstić information content (AvgIpc) is 3.17. The van der Waals surface area contributed by atoms with E-state index in [4.69, 9.17) is 18.9 Å². The second kappa shape index (κ2) is 28.6. The zero-order valence-electron chi connectivity index (χ0n) is 32.4. The molecule has 0 aliphatic carbocycles. The van der Waals surface area contributed by atoms with Gasteiger partial charge in [0.1, 0.15) is 48.8 Å². The standard InChI is InChI=1S/C40H71NO13/c1-3-5-7-9-11-13-15-17-19-21-23-29(44)28(41-32(45)24-22-20-18-16-14-12-10-8-6-4-2)27-51-39-37(50)35(48)38(31(26-43)53-39)54-40-36(49)34(47)33(46)30(25-42)52-40/h5,7,13,15,21,23,28-31,33-40,42-44,46-50H,3-4,6,8-12,14,16-20,22,24-27H2,1-2H3,(H,41,45)/b7-5+,15-13+,23-21+. The Morgan fingerprint density at radius 2 is 1.20 bits per heavy atom. The van der Waals surface area contributed by atoms with Crippen molar-refractivity contribution < 1.29 is 64.6 Å². The van der Waals surface area contributed by atoms with Gasteiger partial charge in [-0.2, -0.15) is 0 Å². The lowest BCUT2D eigenvalue weighted by molar-refractivity contribution is -0.359. The molecule has 1 amide bonds. The number of carbonyl (C=O) groups excluding carboxylic acids is 1. The molecule has 2 saturated heterocycles. The summed E-state index contributed by atoms with van der Waals surface area (Å²) in [6, 6.07) is -0.929. The molecule has 0 aromatic heterocycles. The van der Waals surface area contributed by atoms with Gasteiger partial charge in [-0.25, -0.2) is 0 Å². The van der Waals surface area contributed by atoms with E-state index in [1.165, 1.54) is 38.5 Å². The topological polar surface area (TPSA) is 228 Å². The zero-order chi connectivity index (χ0) is 39.7. The summed E-state index contributed by atoms with van der Waals surface area (Å²) < 4.78 is 22.5. The number of hydrogen-bond donors (Lipinski definition) is 9. The predicted molar refractivity (Wildman–Crippen MR) is 203 cm³/mol. The Labute approximate surface area is 321 Å². The first kappa shape index (κ1) is 48.4. The van der Waals surface area contributed by atoms with Crippen molar-refractivity contribution in [3.63, 3.8) is 0 Å². The zero-order valence-corrected chi connectivity index (χ0v) is 32.4. The van der Waals surface area contributed by atoms with Gasteiger partial charge in [-0.05, 0) is 38.5 Å². The maximum atomic E-state index is 13.0. The molecule has 12 unspecified atom stereocenters. The van der Waals surface area contributed by atoms with Crippen molar-refractivity contribution in [1.82, 2.24) is 5.32 Å². The van der Waals surface area contributed by atoms with Gasteiger partial charge < -0.3 is 65.1 Å². The van der Waals surface area contributed by atoms with Gasteiger partial charge in [-0.1, -0.05) is 108 Å². The molecule has 14 nitrogen and oxygen atoms in total. The molecule has 0 aromatic carbocycles. The van der Waals surface area contributed by atoms with Crippen molar-refractivity contribution in [3.8, 4) is 0 Å². The Bertz CT molecular complexity index is 1060. The van der Waals surface area contributed by atoms with Crippen LogP contribution in [0.5, 0.6) is 0 Å². The van der Waals surface area contributed by atoms with E-state index in [-0.39, 0.29) is 18.9 Å². The first-order chi connectivity index (χ1) is 26.1. The minimum atomic E-state index is -1.79. The number of nitrogens with one attached hydrogen (secondary N) is 1. The predicted octanol–water partition coefficient (Wildman–Crippen LogP) is 2.42. The maximum Gasteiger partial charge on any atom is 0.220 e. The van der Waals surface area contributed by atoms with Gasteiger partial charge in [-0.15, -0.1) is 0 Å². The highest BCUT2D eigenvalue weighted by atomic mass is 16.7. The van der Waals surface area contributed by atoms with Crippen molar-refractivity contribution in [3.05, 3.63) is 36.5 Å². The number of aliphatic hydroxyl groups excluding tert-OH is 8. The molecule has 14 heteroatoms. The largest absolute Gasteiger partial charge is 0.394 e. The molecule has 0 aromatic rings. The fourth-order valence-corrected chi connectivity index (χ4v) is 6.44. The molecule has 0 saturated carbocycles. The monoisotopic (exact) mass is 773 g/mol. The Balaban J connectivity index is 1.98. The quantitative estimate of drug-likeness (QED) is 0.0412. The second-order valence-electron chi connectivity index (χ2n) is 14.4. The number of hydrogen-bond acceptors (Lipinski definition) is 13. The van der Waals surface area contributed by atoms with Gasteiger partial charge in [0.25, 0.3) is 0 Å². The molecule has 12 atom stereocenters. The highest BCUT2D eigenvalue weighted by Crippen LogP contribution is 2.29. The number of unbranched alkanes of at least 4 members (excludes halogenated alkanes) is 11. The van der Waals surface area contributed by atoms with E-state index in [9.17, 15) is 45.6 Å². The number of carbonyl (C=O) groups is 1. The first-order valence-corrected chi connectivity index (χ1v) is 20.2. The average molecular weight is 774 g/mol. The Hall–Kier alpha value is -1.79. The molecule has 2 aliphatic rings. The summed E-state index contributed by atoms with van der Waals surface area (Å²) >= 11 is 0. The van der Waals surface area contributed by atoms with Crippen molar-refractivity contribution in [2.75, 3.05) is 19.8 Å². The van der Waals surface area contributed by atoms with Crippen molar-refractivity contribution >= 4 is 5.91 Å². The molecule has 0 radical (unpaired) electrons. The lowest BCUT2D eigenvalue weighted by atomic mass is 9.97. The van der Waals surface area contributed by atoms with E-state index in [1.807, 2.05) is 6.08 Å². The molecule has 314 valence electrons. The smallest absolute Gasteiger partial charge is 0.220 e. The van der Waals surface area contributed by atoms with Gasteiger partial charge in [-0.3, -0.25) is 4.79 Å². The first-order valence-electron chi connectivity index (χ1n) is 20.2. The van der Waals surface area contributed by atoms with Crippen molar-refractivity contribution in [1.29, 1.82) is 0 Å². The van der Waals surface area contributed by atoms with Crippen LogP contribution in [0.4, 0.5) is 0 Å². The molecular weight excluding hydrogens is 702 g/mol. The summed E-state index contributed by atoms with van der Waals surface area (Å²) in [6.45, 7) is 2.56. The molecule has 0 spiro atoms. The third-order valence-electron chi connectivity index (χ3n) is 9.82. The number of aliphatic hydroxyl groups is 8. The highest BCUT2D eigenvalue weighted by Gasteiger charge is 2.50. The lowest BCUT2D eigenvalue weighted by Crippen LogP contribution is -2.65. The van der Waals surface area contributed by atoms with Gasteiger partial charge in [0, 0.05) is 6.42 Å². The van der Waals surface area contributed by atoms with Crippen LogP contribution in [-0.2, 0) is 23.7 Å². The fourth-order valence-electron chi connectivity index (χ4n) is 6.44. The van der Waals surface area contributed by atoms with Gasteiger partial charge in [0.05, 0.1) is 32.0 Å². The van der Waals surface area contributed by atoms with E-state index in [2.05, 4.69) is 43.5 Å². The molecule has 2 aliphatic heterocycles. The van der Waals surface area contributed by atoms with Gasteiger partial charge >= 0.3 is 0 Å². The fraction of sp³-hybridized carbons (Fsp3) is 0.825. The van der Waals surface area contributed by atoms with E-state index in [0.29, 0.717) is 12.8 Å². The van der Waals surface area contributed by atoms with Gasteiger partial charge in [0.15, 0.2) is 12.6 Å². The maximum absolute atomic E-state index is 13.0. The summed E-state index contributed by atoms with van der Waals surface area (Å²) in [5.74, 6) is -0.262. The van der Waals surface area contributed by atoms with E-state index >= 15 is 0 Å². The molecule has 9 N–H and O–H groups in total. The van der Waals surface area contributed by atoms with Crippen LogP contribution in [0, 0.1) is 0 Å². The normalized spacial score (nSPS) is 30.4. The Kier molecular flexibility index (Phi) is 25.6. The number of ether oxygens (including phenoxy) is 4. The summed E-state index contributed by atoms with van der Waals surface area (Å²) in [4.78, 5) is 13.0. The number of allylic oxidation sites excluding steroid dienone is 5. The molecular formula is C40H71NO13. The molecule has 2 heterocycles. The van der Waals surface area contributed by atoms with Crippen LogP contribution in [0.2, 0.25) is 0 Å². The van der Waals surface area contributed by atoms with Crippen LogP contribution in [0.25, 0.3) is 0 Å². The van der Waals surface area contributed by atoms with Crippen LogP contribution in [0.15, 0.2) is 36.5 Å². The molecule has 2 fully saturated rings. The van der Waals surface area contributed by atoms with Crippen LogP contribution >= 0.6 is 0 Å². The lowest BCUT2D eigenvalue weighted by Gasteiger charge is -2.46. The third-order valence-corrected chi connectivity index (χ3v) is 9.82. The van der Waals surface area contributed by atoms with E-state index in [1.54, 1.807) is 6.08 Å². The van der Waals surface area contributed by atoms with Crippen LogP contribution in [-0.4, -0.2) is 140 Å². The van der Waals surface area contributed by atoms with Crippen LogP contribution in [0.3, 0.4) is 0 Å². The van der Waals surface area contributed by atoms with Crippen LogP contribution < -0.4 is 5.32 Å². The van der Waals surface area contributed by atoms with E-state index < -0.39 is 86.8 Å². The minimum Gasteiger partial charge on any atom is -0.394 e. The molecule has 54 heavy (non-hydrogen) atoms. The SMILES string of the molecule is CC/C=C/CC/C=C/CC/C=C/C(O)C(COC1OC(CO)C(OC2OC(CO)C(O)C(O)C2O)C(O)C1O)NC(=O)CCCCCCCCCCCC. The minimum absolute atomic E-state index is 0.262. The van der Waals surface area contributed by atoms with Crippen molar-refractivity contribution in [2.24, 2.45) is 0 Å². The summed E-state index contributed by atoms with van der Waals surface area (Å²) in [7, 11) is 0. The van der Waals surface area contributed by atoms with Crippen molar-refractivity contribution in [2.45, 2.75) is 190 Å². The van der Waals surface area contributed by atoms with Gasteiger partial charge in [0.2, 0.25) is 5.91 Å². The van der Waals surface area contributed by atoms with E-state index in [0.717, 1.165) is 44.9 Å². The number of amides is 1. The molecule has 2 rings (SSSR count). The van der Waals surface area contributed by atoms with Crippen LogP contribution in [0.1, 0.15) is 117 Å². The highest BCUT2D eigenvalue weighted by molar-refractivity contribution is 5.76. The third kappa shape index (κ3) is 17.6. The number of rotatable bonds is 28. The molecule has 0 bridgehead atoms. The summed E-state index contributed by atoms with van der Waals surface area (Å²) in [6.07, 6.45) is 10.8. The summed E-state index contributed by atoms with van der Waals surface area (Å²) in [5.41, 5.74) is 0. The second-order valence-corrected chi connectivity index (χ2v) is 14.4. The Morgan fingerprint density at radius 3 is 1.80 bits per heavy atom. The Morgan fingerprint density at radius 1 is 0.667 bits per heavy atom.